The minimum absolute atomic E-state index is 0.0295. The van der Waals surface area contributed by atoms with Crippen molar-refractivity contribution in [3.63, 3.8) is 0 Å². The number of carbonyl (C=O) groups is 1. The summed E-state index contributed by atoms with van der Waals surface area (Å²) in [5.41, 5.74) is 3.77. The number of benzene rings is 1. The van der Waals surface area contributed by atoms with Gasteiger partial charge >= 0.3 is 0 Å². The molecule has 8 heteroatoms. The molecule has 2 aliphatic heterocycles. The number of rotatable bonds is 4. The van der Waals surface area contributed by atoms with E-state index in [9.17, 15) is 4.79 Å². The average Bonchev–Trinajstić information content (AvgIpc) is 3.18. The molecule has 5 rings (SSSR count). The van der Waals surface area contributed by atoms with Crippen molar-refractivity contribution in [2.45, 2.75) is 31.7 Å². The number of aromatic nitrogens is 3. The van der Waals surface area contributed by atoms with Crippen molar-refractivity contribution in [3.8, 4) is 5.75 Å². The second-order valence-electron chi connectivity index (χ2n) is 9.20. The number of carbonyl (C=O) groups excluding carboxylic acids is 1. The van der Waals surface area contributed by atoms with Crippen molar-refractivity contribution in [1.29, 1.82) is 0 Å². The Balaban J connectivity index is 1.44. The molecule has 0 saturated carbocycles. The number of nitrogens with one attached hydrogen (secondary N) is 1. The molecule has 4 heterocycles. The Morgan fingerprint density at radius 2 is 2.03 bits per heavy atom. The van der Waals surface area contributed by atoms with E-state index in [-0.39, 0.29) is 5.91 Å². The van der Waals surface area contributed by atoms with E-state index in [0.717, 1.165) is 71.9 Å². The van der Waals surface area contributed by atoms with Gasteiger partial charge in [0.15, 0.2) is 0 Å². The number of piperidine rings is 1. The predicted octanol–water partition coefficient (Wildman–Crippen LogP) is 3.03. The Hall–Kier alpha value is -3.13. The van der Waals surface area contributed by atoms with Crippen LogP contribution in [0, 0.1) is 0 Å². The third-order valence-corrected chi connectivity index (χ3v) is 7.07. The maximum absolute atomic E-state index is 13.5. The summed E-state index contributed by atoms with van der Waals surface area (Å²) in [7, 11) is 7.66. The maximum atomic E-state index is 13.5. The van der Waals surface area contributed by atoms with Gasteiger partial charge in [0.1, 0.15) is 23.1 Å². The number of likely N-dealkylation sites (N-methyl/N-ethyl adjacent to an activating group) is 1. The van der Waals surface area contributed by atoms with Crippen LogP contribution < -0.4 is 10.1 Å². The molecule has 1 aromatic carbocycles. The first-order valence-corrected chi connectivity index (χ1v) is 11.7. The molecule has 2 aliphatic rings. The molecule has 3 aromatic rings. The molecule has 174 valence electrons. The van der Waals surface area contributed by atoms with Gasteiger partial charge in [-0.2, -0.15) is 0 Å². The number of fused-ring (bicyclic) bond motifs is 2. The lowest BCUT2D eigenvalue weighted by atomic mass is 9.96. The van der Waals surface area contributed by atoms with Crippen molar-refractivity contribution in [2.24, 2.45) is 7.05 Å². The van der Waals surface area contributed by atoms with E-state index in [1.807, 2.05) is 47.8 Å². The lowest BCUT2D eigenvalue weighted by Crippen LogP contribution is -2.38. The third kappa shape index (κ3) is 3.93. The highest BCUT2D eigenvalue weighted by Crippen LogP contribution is 2.31. The van der Waals surface area contributed by atoms with Gasteiger partial charge in [0, 0.05) is 50.1 Å². The first-order chi connectivity index (χ1) is 16.0. The predicted molar refractivity (Wildman–Crippen MR) is 129 cm³/mol. The van der Waals surface area contributed by atoms with E-state index in [0.29, 0.717) is 24.7 Å². The topological polar surface area (TPSA) is 75.5 Å². The summed E-state index contributed by atoms with van der Waals surface area (Å²) in [6, 6.07) is 7.86. The van der Waals surface area contributed by atoms with Crippen LogP contribution in [0.1, 0.15) is 46.3 Å². The van der Waals surface area contributed by atoms with Crippen LogP contribution in [0.3, 0.4) is 0 Å². The van der Waals surface area contributed by atoms with E-state index in [2.05, 4.69) is 17.3 Å². The number of hydrogen-bond acceptors (Lipinski definition) is 6. The van der Waals surface area contributed by atoms with Gasteiger partial charge in [0.05, 0.1) is 24.9 Å². The van der Waals surface area contributed by atoms with Crippen molar-refractivity contribution in [2.75, 3.05) is 46.2 Å². The minimum Gasteiger partial charge on any atom is -0.497 e. The highest BCUT2D eigenvalue weighted by Gasteiger charge is 2.29. The summed E-state index contributed by atoms with van der Waals surface area (Å²) in [5.74, 6) is 2.96. The standard InChI is InChI=1S/C25H32N6O2/c1-26-24-19-9-11-31(15-20(19)27-23(28-24)17-6-5-10-29(2)14-17)25(32)22-12-16-7-8-18(33-4)13-21(16)30(22)3/h7-8,12-13,17H,5-6,9-11,14-15H2,1-4H3,(H,26,27,28). The van der Waals surface area contributed by atoms with Gasteiger partial charge in [-0.1, -0.05) is 0 Å². The molecule has 1 fully saturated rings. The molecule has 0 spiro atoms. The van der Waals surface area contributed by atoms with Crippen LogP contribution in [0.15, 0.2) is 24.3 Å². The molecule has 1 amide bonds. The number of methoxy groups -OCH3 is 1. The van der Waals surface area contributed by atoms with Gasteiger partial charge < -0.3 is 24.4 Å². The second kappa shape index (κ2) is 8.67. The van der Waals surface area contributed by atoms with Crippen molar-refractivity contribution in [1.82, 2.24) is 24.3 Å². The third-order valence-electron chi connectivity index (χ3n) is 7.07. The normalized spacial score (nSPS) is 18.9. The average molecular weight is 449 g/mol. The number of hydrogen-bond donors (Lipinski definition) is 1. The number of likely N-dealkylation sites (tertiary alicyclic amines) is 1. The van der Waals surface area contributed by atoms with E-state index in [1.165, 1.54) is 0 Å². The van der Waals surface area contributed by atoms with Crippen LogP contribution >= 0.6 is 0 Å². The first-order valence-electron chi connectivity index (χ1n) is 11.7. The van der Waals surface area contributed by atoms with E-state index >= 15 is 0 Å². The molecule has 1 saturated heterocycles. The highest BCUT2D eigenvalue weighted by molar-refractivity contribution is 5.99. The Kier molecular flexibility index (Phi) is 5.70. The quantitative estimate of drug-likeness (QED) is 0.661. The molecule has 0 radical (unpaired) electrons. The zero-order valence-corrected chi connectivity index (χ0v) is 19.9. The summed E-state index contributed by atoms with van der Waals surface area (Å²) in [5, 5.41) is 4.31. The van der Waals surface area contributed by atoms with Crippen molar-refractivity contribution < 1.29 is 9.53 Å². The second-order valence-corrected chi connectivity index (χ2v) is 9.20. The van der Waals surface area contributed by atoms with Gasteiger partial charge in [-0.05, 0) is 51.1 Å². The van der Waals surface area contributed by atoms with Gasteiger partial charge in [-0.25, -0.2) is 9.97 Å². The monoisotopic (exact) mass is 448 g/mol. The van der Waals surface area contributed by atoms with E-state index < -0.39 is 0 Å². The van der Waals surface area contributed by atoms with Gasteiger partial charge in [0.2, 0.25) is 0 Å². The Morgan fingerprint density at radius 1 is 1.18 bits per heavy atom. The summed E-state index contributed by atoms with van der Waals surface area (Å²) in [4.78, 5) is 27.7. The lowest BCUT2D eigenvalue weighted by Gasteiger charge is -2.32. The van der Waals surface area contributed by atoms with Crippen LogP contribution in [0.2, 0.25) is 0 Å². The molecule has 0 aliphatic carbocycles. The maximum Gasteiger partial charge on any atom is 0.270 e. The molecule has 2 aromatic heterocycles. The van der Waals surface area contributed by atoms with E-state index in [1.54, 1.807) is 7.11 Å². The van der Waals surface area contributed by atoms with Crippen LogP contribution in [0.25, 0.3) is 10.9 Å². The van der Waals surface area contributed by atoms with E-state index in [4.69, 9.17) is 14.7 Å². The Bertz CT molecular complexity index is 1200. The molecular formula is C25H32N6O2. The first kappa shape index (κ1) is 21.7. The smallest absolute Gasteiger partial charge is 0.270 e. The lowest BCUT2D eigenvalue weighted by molar-refractivity contribution is 0.0722. The van der Waals surface area contributed by atoms with Crippen molar-refractivity contribution >= 4 is 22.6 Å². The van der Waals surface area contributed by atoms with Crippen LogP contribution in [-0.2, 0) is 20.0 Å². The SMILES string of the molecule is CNc1nc(C2CCCN(C)C2)nc2c1CCN(C(=O)c1cc3ccc(OC)cc3n1C)C2. The Morgan fingerprint density at radius 3 is 2.79 bits per heavy atom. The molecule has 1 atom stereocenters. The zero-order chi connectivity index (χ0) is 23.1. The number of ether oxygens (including phenoxy) is 1. The molecule has 1 N–H and O–H groups in total. The minimum atomic E-state index is 0.0295. The van der Waals surface area contributed by atoms with Crippen molar-refractivity contribution in [3.05, 3.63) is 47.0 Å². The molecule has 1 unspecified atom stereocenters. The molecular weight excluding hydrogens is 416 g/mol. The molecule has 0 bridgehead atoms. The van der Waals surface area contributed by atoms with Gasteiger partial charge in [-0.3, -0.25) is 4.79 Å². The van der Waals surface area contributed by atoms with Gasteiger partial charge in [0.25, 0.3) is 5.91 Å². The summed E-state index contributed by atoms with van der Waals surface area (Å²) < 4.78 is 7.32. The number of nitrogens with zero attached hydrogens (tertiary/aromatic N) is 5. The molecule has 8 nitrogen and oxygen atoms in total. The van der Waals surface area contributed by atoms with Crippen LogP contribution in [0.5, 0.6) is 5.75 Å². The summed E-state index contributed by atoms with van der Waals surface area (Å²) in [6.07, 6.45) is 3.02. The largest absolute Gasteiger partial charge is 0.497 e. The fourth-order valence-electron chi connectivity index (χ4n) is 5.19. The number of amides is 1. The zero-order valence-electron chi connectivity index (χ0n) is 19.9. The summed E-state index contributed by atoms with van der Waals surface area (Å²) >= 11 is 0. The molecule has 33 heavy (non-hydrogen) atoms. The van der Waals surface area contributed by atoms with Gasteiger partial charge in [-0.15, -0.1) is 0 Å². The number of aryl methyl sites for hydroxylation is 1. The summed E-state index contributed by atoms with van der Waals surface area (Å²) in [6.45, 7) is 3.26. The fraction of sp³-hybridized carbons (Fsp3) is 0.480. The fourth-order valence-corrected chi connectivity index (χ4v) is 5.19. The number of anilines is 1. The van der Waals surface area contributed by atoms with Crippen LogP contribution in [-0.4, -0.2) is 71.1 Å². The Labute approximate surface area is 194 Å². The highest BCUT2D eigenvalue weighted by atomic mass is 16.5. The van der Waals surface area contributed by atoms with Crippen LogP contribution in [0.4, 0.5) is 5.82 Å².